The third-order valence-corrected chi connectivity index (χ3v) is 4.61. The number of carbonyl (C=O) groups is 1. The van der Waals surface area contributed by atoms with Crippen LogP contribution < -0.4 is 9.47 Å². The summed E-state index contributed by atoms with van der Waals surface area (Å²) in [6.45, 7) is 6.37. The second-order valence-electron chi connectivity index (χ2n) is 6.34. The van der Waals surface area contributed by atoms with E-state index < -0.39 is 5.97 Å². The second kappa shape index (κ2) is 8.72. The lowest BCUT2D eigenvalue weighted by atomic mass is 9.82. The molecule has 1 aromatic carbocycles. The van der Waals surface area contributed by atoms with Crippen LogP contribution in [0.2, 0.25) is 0 Å². The van der Waals surface area contributed by atoms with Gasteiger partial charge in [-0.05, 0) is 44.2 Å². The maximum absolute atomic E-state index is 11.6. The van der Waals surface area contributed by atoms with Crippen molar-refractivity contribution in [2.45, 2.75) is 32.6 Å². The number of ether oxygens (including phenoxy) is 3. The Labute approximate surface area is 148 Å². The minimum atomic E-state index is -1.04. The summed E-state index contributed by atoms with van der Waals surface area (Å²) in [6, 6.07) is 3.15. The third-order valence-electron chi connectivity index (χ3n) is 4.61. The molecule has 1 aliphatic carbocycles. The van der Waals surface area contributed by atoms with Crippen molar-refractivity contribution in [2.75, 3.05) is 21.0 Å². The minimum absolute atomic E-state index is 0.0295. The summed E-state index contributed by atoms with van der Waals surface area (Å²) >= 11 is 0. The van der Waals surface area contributed by atoms with Crippen molar-refractivity contribution < 1.29 is 24.1 Å². The average molecular weight is 346 g/mol. The predicted octanol–water partition coefficient (Wildman–Crippen LogP) is 4.22. The second-order valence-corrected chi connectivity index (χ2v) is 6.34. The van der Waals surface area contributed by atoms with Crippen LogP contribution in [0.25, 0.3) is 0 Å². The zero-order chi connectivity index (χ0) is 18.4. The molecule has 0 saturated heterocycles. The first-order valence-corrected chi connectivity index (χ1v) is 8.36. The quantitative estimate of drug-likeness (QED) is 0.564. The average Bonchev–Trinajstić information content (AvgIpc) is 2.60. The van der Waals surface area contributed by atoms with Gasteiger partial charge in [0.1, 0.15) is 17.1 Å². The highest BCUT2D eigenvalue weighted by molar-refractivity contribution is 5.92. The van der Waals surface area contributed by atoms with Crippen LogP contribution >= 0.6 is 0 Å². The van der Waals surface area contributed by atoms with E-state index in [1.54, 1.807) is 13.2 Å². The SMILES string of the molecule is C=C(Cc1c(OC)ccc(C(=O)O)c1OCOC)[C@@H]1CC=C(C)CC1. The van der Waals surface area contributed by atoms with E-state index in [-0.39, 0.29) is 18.1 Å². The summed E-state index contributed by atoms with van der Waals surface area (Å²) in [6.07, 6.45) is 5.88. The number of aromatic carboxylic acids is 1. The summed E-state index contributed by atoms with van der Waals surface area (Å²) in [5, 5.41) is 9.47. The molecule has 0 heterocycles. The molecule has 2 rings (SSSR count). The highest BCUT2D eigenvalue weighted by Crippen LogP contribution is 2.37. The monoisotopic (exact) mass is 346 g/mol. The lowest BCUT2D eigenvalue weighted by Crippen LogP contribution is -2.13. The Hall–Kier alpha value is -2.27. The first-order valence-electron chi connectivity index (χ1n) is 8.36. The largest absolute Gasteiger partial charge is 0.496 e. The van der Waals surface area contributed by atoms with E-state index in [2.05, 4.69) is 19.6 Å². The van der Waals surface area contributed by atoms with Gasteiger partial charge in [-0.1, -0.05) is 23.8 Å². The van der Waals surface area contributed by atoms with Crippen LogP contribution in [0.1, 0.15) is 42.1 Å². The number of carboxylic acid groups (broad SMARTS) is 1. The fraction of sp³-hybridized carbons (Fsp3) is 0.450. The maximum atomic E-state index is 11.6. The topological polar surface area (TPSA) is 65.0 Å². The van der Waals surface area contributed by atoms with Crippen LogP contribution in [0.4, 0.5) is 0 Å². The van der Waals surface area contributed by atoms with Crippen molar-refractivity contribution in [3.63, 3.8) is 0 Å². The zero-order valence-electron chi connectivity index (χ0n) is 15.1. The Morgan fingerprint density at radius 3 is 2.68 bits per heavy atom. The molecule has 5 heteroatoms. The van der Waals surface area contributed by atoms with Gasteiger partial charge in [0, 0.05) is 19.1 Å². The normalized spacial score (nSPS) is 16.9. The highest BCUT2D eigenvalue weighted by atomic mass is 16.7. The Kier molecular flexibility index (Phi) is 6.65. The fourth-order valence-corrected chi connectivity index (χ4v) is 3.13. The molecule has 5 nitrogen and oxygen atoms in total. The van der Waals surface area contributed by atoms with E-state index in [4.69, 9.17) is 14.2 Å². The minimum Gasteiger partial charge on any atom is -0.496 e. The number of rotatable bonds is 8. The van der Waals surface area contributed by atoms with Gasteiger partial charge in [0.05, 0.1) is 7.11 Å². The van der Waals surface area contributed by atoms with Gasteiger partial charge >= 0.3 is 5.97 Å². The van der Waals surface area contributed by atoms with E-state index in [1.165, 1.54) is 18.7 Å². The van der Waals surface area contributed by atoms with Crippen molar-refractivity contribution in [2.24, 2.45) is 5.92 Å². The lowest BCUT2D eigenvalue weighted by molar-refractivity contribution is 0.0475. The Balaban J connectivity index is 2.34. The van der Waals surface area contributed by atoms with Crippen LogP contribution in [0, 0.1) is 5.92 Å². The Morgan fingerprint density at radius 2 is 2.12 bits per heavy atom. The van der Waals surface area contributed by atoms with Gasteiger partial charge in [0.2, 0.25) is 0 Å². The van der Waals surface area contributed by atoms with E-state index >= 15 is 0 Å². The Morgan fingerprint density at radius 1 is 1.36 bits per heavy atom. The van der Waals surface area contributed by atoms with E-state index in [1.807, 2.05) is 0 Å². The fourth-order valence-electron chi connectivity index (χ4n) is 3.13. The van der Waals surface area contributed by atoms with Crippen LogP contribution in [0.15, 0.2) is 35.9 Å². The first kappa shape index (κ1) is 19.1. The molecule has 136 valence electrons. The van der Waals surface area contributed by atoms with Gasteiger partial charge in [-0.25, -0.2) is 4.79 Å². The molecule has 0 unspecified atom stereocenters. The van der Waals surface area contributed by atoms with Gasteiger partial charge in [-0.3, -0.25) is 0 Å². The maximum Gasteiger partial charge on any atom is 0.339 e. The molecular weight excluding hydrogens is 320 g/mol. The lowest BCUT2D eigenvalue weighted by Gasteiger charge is -2.24. The molecule has 1 aliphatic rings. The number of methoxy groups -OCH3 is 2. The number of benzene rings is 1. The molecule has 0 radical (unpaired) electrons. The summed E-state index contributed by atoms with van der Waals surface area (Å²) < 4.78 is 16.0. The molecule has 0 aromatic heterocycles. The zero-order valence-corrected chi connectivity index (χ0v) is 15.1. The van der Waals surface area contributed by atoms with Crippen LogP contribution in [-0.4, -0.2) is 32.1 Å². The first-order chi connectivity index (χ1) is 12.0. The molecule has 0 aliphatic heterocycles. The van der Waals surface area contributed by atoms with Crippen LogP contribution in [-0.2, 0) is 11.2 Å². The molecule has 0 saturated carbocycles. The van der Waals surface area contributed by atoms with Gasteiger partial charge in [0.15, 0.2) is 6.79 Å². The molecule has 0 spiro atoms. The highest BCUT2D eigenvalue weighted by Gasteiger charge is 2.23. The number of hydrogen-bond acceptors (Lipinski definition) is 4. The molecule has 25 heavy (non-hydrogen) atoms. The van der Waals surface area contributed by atoms with Crippen molar-refractivity contribution in [1.29, 1.82) is 0 Å². The summed E-state index contributed by atoms with van der Waals surface area (Å²) in [4.78, 5) is 11.6. The van der Waals surface area contributed by atoms with Crippen molar-refractivity contribution in [1.82, 2.24) is 0 Å². The summed E-state index contributed by atoms with van der Waals surface area (Å²) in [5.74, 6) is 0.228. The Bertz CT molecular complexity index is 675. The van der Waals surface area contributed by atoms with Gasteiger partial charge in [0.25, 0.3) is 0 Å². The van der Waals surface area contributed by atoms with Gasteiger partial charge < -0.3 is 19.3 Å². The molecule has 1 atom stereocenters. The van der Waals surface area contributed by atoms with E-state index in [0.29, 0.717) is 23.7 Å². The standard InChI is InChI=1S/C20H26O5/c1-13-5-7-15(8-6-13)14(2)11-17-18(24-4)10-9-16(20(21)22)19(17)25-12-23-3/h5,9-10,15H,2,6-8,11-12H2,1,3-4H3,(H,21,22)/t15-/m1/s1. The number of carboxylic acids is 1. The number of allylic oxidation sites excluding steroid dienone is 3. The molecule has 0 amide bonds. The number of hydrogen-bond donors (Lipinski definition) is 1. The molecular formula is C20H26O5. The van der Waals surface area contributed by atoms with Crippen molar-refractivity contribution >= 4 is 5.97 Å². The van der Waals surface area contributed by atoms with E-state index in [9.17, 15) is 9.90 Å². The third kappa shape index (κ3) is 4.63. The summed E-state index contributed by atoms with van der Waals surface area (Å²) in [5.41, 5.74) is 3.28. The predicted molar refractivity (Wildman–Crippen MR) is 96.4 cm³/mol. The van der Waals surface area contributed by atoms with Crippen LogP contribution in [0.5, 0.6) is 11.5 Å². The molecule has 1 aromatic rings. The molecule has 0 fully saturated rings. The van der Waals surface area contributed by atoms with Gasteiger partial charge in [-0.2, -0.15) is 0 Å². The van der Waals surface area contributed by atoms with Crippen molar-refractivity contribution in [3.05, 3.63) is 47.1 Å². The van der Waals surface area contributed by atoms with E-state index in [0.717, 1.165) is 24.8 Å². The molecule has 1 N–H and O–H groups in total. The summed E-state index contributed by atoms with van der Waals surface area (Å²) in [7, 11) is 3.06. The van der Waals surface area contributed by atoms with Crippen LogP contribution in [0.3, 0.4) is 0 Å². The van der Waals surface area contributed by atoms with Gasteiger partial charge in [-0.15, -0.1) is 0 Å². The smallest absolute Gasteiger partial charge is 0.339 e. The van der Waals surface area contributed by atoms with Crippen molar-refractivity contribution in [3.8, 4) is 11.5 Å². The molecule has 0 bridgehead atoms.